The van der Waals surface area contributed by atoms with Gasteiger partial charge in [-0.05, 0) is 76.9 Å². The van der Waals surface area contributed by atoms with E-state index in [-0.39, 0.29) is 29.3 Å². The van der Waals surface area contributed by atoms with Gasteiger partial charge in [0.1, 0.15) is 10.8 Å². The van der Waals surface area contributed by atoms with Crippen molar-refractivity contribution in [3.63, 3.8) is 0 Å². The van der Waals surface area contributed by atoms with Crippen molar-refractivity contribution in [2.75, 3.05) is 0 Å². The number of fused-ring (bicyclic) bond motifs is 1. The number of phenolic OH excluding ortho intramolecular Hbond substituents is 1. The zero-order valence-electron chi connectivity index (χ0n) is 19.6. The number of carbonyl (C=O) groups excluding carboxylic acids is 1. The highest BCUT2D eigenvalue weighted by Gasteiger charge is 2.33. The number of hydrogen-bond acceptors (Lipinski definition) is 7. The van der Waals surface area contributed by atoms with Gasteiger partial charge in [0.25, 0.3) is 5.91 Å². The van der Waals surface area contributed by atoms with E-state index in [1.165, 1.54) is 23.6 Å². The van der Waals surface area contributed by atoms with Gasteiger partial charge in [0, 0.05) is 22.7 Å². The minimum absolute atomic E-state index is 0.161. The van der Waals surface area contributed by atoms with Gasteiger partial charge in [-0.15, -0.1) is 11.3 Å². The van der Waals surface area contributed by atoms with E-state index in [9.17, 15) is 20.0 Å². The topological polar surface area (TPSA) is 118 Å². The van der Waals surface area contributed by atoms with Crippen LogP contribution in [0.3, 0.4) is 0 Å². The minimum Gasteiger partial charge on any atom is -0.501 e. The molecule has 2 heterocycles. The summed E-state index contributed by atoms with van der Waals surface area (Å²) in [5.41, 5.74) is 1.84. The van der Waals surface area contributed by atoms with Gasteiger partial charge < -0.3 is 14.8 Å². The highest BCUT2D eigenvalue weighted by Crippen LogP contribution is 2.45. The normalized spacial score (nSPS) is 15.8. The number of nitro groups is 1. The standard InChI is InChI=1S/C25H26IN3O5S/c1-25(2,3)15-6-7-17-20(11-15)35-24(21(17)23(31)27-13-16-5-4-8-34-16)28-12-14-9-18(26)22(30)19(10-14)29(32)33/h4-5,8-10,12,15,30H,6-7,11,13H2,1-3H3,(H,27,31)/t15-/m1/s1. The van der Waals surface area contributed by atoms with Crippen molar-refractivity contribution in [1.29, 1.82) is 0 Å². The van der Waals surface area contributed by atoms with Gasteiger partial charge >= 0.3 is 5.69 Å². The quantitative estimate of drug-likeness (QED) is 0.146. The Balaban J connectivity index is 1.69. The number of halogens is 1. The summed E-state index contributed by atoms with van der Waals surface area (Å²) in [6, 6.07) is 6.47. The molecule has 0 saturated heterocycles. The van der Waals surface area contributed by atoms with Crippen LogP contribution in [0.2, 0.25) is 0 Å². The highest BCUT2D eigenvalue weighted by molar-refractivity contribution is 14.1. The lowest BCUT2D eigenvalue weighted by Gasteiger charge is -2.33. The van der Waals surface area contributed by atoms with E-state index in [1.807, 2.05) is 22.6 Å². The number of rotatable bonds is 6. The largest absolute Gasteiger partial charge is 0.501 e. The van der Waals surface area contributed by atoms with Crippen molar-refractivity contribution >= 4 is 56.7 Å². The Kier molecular flexibility index (Phi) is 7.32. The first kappa shape index (κ1) is 25.4. The van der Waals surface area contributed by atoms with Gasteiger partial charge in [0.05, 0.1) is 26.9 Å². The second kappa shape index (κ2) is 10.1. The number of carbonyl (C=O) groups is 1. The smallest absolute Gasteiger partial charge is 0.312 e. The number of nitro benzene ring substituents is 1. The molecule has 1 aliphatic rings. The van der Waals surface area contributed by atoms with Crippen LogP contribution in [0.5, 0.6) is 5.75 Å². The Bertz CT molecular complexity index is 1290. The molecule has 1 aliphatic carbocycles. The Labute approximate surface area is 220 Å². The molecule has 0 unspecified atom stereocenters. The average Bonchev–Trinajstić information content (AvgIpc) is 3.44. The van der Waals surface area contributed by atoms with E-state index >= 15 is 0 Å². The van der Waals surface area contributed by atoms with Gasteiger partial charge in [0.15, 0.2) is 0 Å². The summed E-state index contributed by atoms with van der Waals surface area (Å²) in [6.45, 7) is 7.00. The predicted molar refractivity (Wildman–Crippen MR) is 144 cm³/mol. The lowest BCUT2D eigenvalue weighted by molar-refractivity contribution is -0.386. The van der Waals surface area contributed by atoms with Crippen LogP contribution in [0.25, 0.3) is 0 Å². The summed E-state index contributed by atoms with van der Waals surface area (Å²) in [6.07, 6.45) is 5.76. The monoisotopic (exact) mass is 607 g/mol. The second-order valence-electron chi connectivity index (χ2n) is 9.64. The molecule has 2 N–H and O–H groups in total. The van der Waals surface area contributed by atoms with E-state index in [0.29, 0.717) is 31.4 Å². The third kappa shape index (κ3) is 5.58. The van der Waals surface area contributed by atoms with E-state index < -0.39 is 4.92 Å². The predicted octanol–water partition coefficient (Wildman–Crippen LogP) is 6.39. The molecule has 4 rings (SSSR count). The first-order valence-electron chi connectivity index (χ1n) is 11.2. The van der Waals surface area contributed by atoms with Crippen LogP contribution in [-0.4, -0.2) is 22.2 Å². The van der Waals surface area contributed by atoms with E-state index in [0.717, 1.165) is 29.7 Å². The van der Waals surface area contributed by atoms with E-state index in [2.05, 4.69) is 31.1 Å². The zero-order chi connectivity index (χ0) is 25.3. The van der Waals surface area contributed by atoms with Crippen LogP contribution in [0.4, 0.5) is 10.7 Å². The number of nitrogens with one attached hydrogen (secondary N) is 1. The van der Waals surface area contributed by atoms with Crippen molar-refractivity contribution in [3.05, 3.63) is 71.5 Å². The molecule has 0 saturated carbocycles. The van der Waals surface area contributed by atoms with Crippen LogP contribution in [0, 0.1) is 25.0 Å². The summed E-state index contributed by atoms with van der Waals surface area (Å²) in [4.78, 5) is 29.7. The minimum atomic E-state index is -0.626. The fourth-order valence-electron chi connectivity index (χ4n) is 4.26. The molecule has 0 spiro atoms. The number of aromatic hydroxyl groups is 1. The van der Waals surface area contributed by atoms with Gasteiger partial charge in [-0.3, -0.25) is 14.9 Å². The van der Waals surface area contributed by atoms with E-state index in [1.54, 1.807) is 24.5 Å². The maximum Gasteiger partial charge on any atom is 0.312 e. The number of phenols is 1. The molecule has 184 valence electrons. The van der Waals surface area contributed by atoms with Crippen LogP contribution in [0.1, 0.15) is 59.3 Å². The molecule has 1 aromatic carbocycles. The Morgan fingerprint density at radius 1 is 1.43 bits per heavy atom. The molecular formula is C25H26IN3O5S. The number of aliphatic imine (C=N–C) groups is 1. The molecule has 0 radical (unpaired) electrons. The average molecular weight is 607 g/mol. The molecule has 10 heteroatoms. The number of amides is 1. The molecule has 8 nitrogen and oxygen atoms in total. The summed E-state index contributed by atoms with van der Waals surface area (Å²) >= 11 is 3.35. The third-order valence-corrected chi connectivity index (χ3v) is 8.28. The zero-order valence-corrected chi connectivity index (χ0v) is 22.6. The third-order valence-electron chi connectivity index (χ3n) is 6.29. The number of thiophene rings is 1. The molecule has 2 aromatic heterocycles. The van der Waals surface area contributed by atoms with Gasteiger partial charge in [-0.25, -0.2) is 4.99 Å². The lowest BCUT2D eigenvalue weighted by Crippen LogP contribution is -2.28. The summed E-state index contributed by atoms with van der Waals surface area (Å²) < 4.78 is 5.69. The van der Waals surface area contributed by atoms with Gasteiger partial charge in [0.2, 0.25) is 5.75 Å². The summed E-state index contributed by atoms with van der Waals surface area (Å²) in [5, 5.41) is 24.8. The maximum atomic E-state index is 13.3. The molecule has 0 fully saturated rings. The van der Waals surface area contributed by atoms with E-state index in [4.69, 9.17) is 4.42 Å². The molecule has 0 aliphatic heterocycles. The van der Waals surface area contributed by atoms with Gasteiger partial charge in [-0.1, -0.05) is 20.8 Å². The Hall–Kier alpha value is -2.73. The van der Waals surface area contributed by atoms with Crippen molar-refractivity contribution in [1.82, 2.24) is 5.32 Å². The van der Waals surface area contributed by atoms with Crippen LogP contribution >= 0.6 is 33.9 Å². The highest BCUT2D eigenvalue weighted by atomic mass is 127. The number of furan rings is 1. The number of hydrogen-bond donors (Lipinski definition) is 2. The molecule has 35 heavy (non-hydrogen) atoms. The SMILES string of the molecule is CC(C)(C)[C@@H]1CCc2c(sc(N=Cc3cc(I)c(O)c([N+](=O)[O-])c3)c2C(=O)NCc2ccco2)C1. The van der Waals surface area contributed by atoms with Crippen LogP contribution in [-0.2, 0) is 19.4 Å². The van der Waals surface area contributed by atoms with Crippen molar-refractivity contribution < 1.29 is 19.2 Å². The summed E-state index contributed by atoms with van der Waals surface area (Å²) in [5.74, 6) is 0.578. The number of nitrogens with zero attached hydrogens (tertiary/aromatic N) is 2. The first-order chi connectivity index (χ1) is 16.5. The van der Waals surface area contributed by atoms with Crippen LogP contribution in [0.15, 0.2) is 39.9 Å². The van der Waals surface area contributed by atoms with Crippen LogP contribution < -0.4 is 5.32 Å². The second-order valence-corrected chi connectivity index (χ2v) is 11.9. The van der Waals surface area contributed by atoms with Crippen molar-refractivity contribution in [2.24, 2.45) is 16.3 Å². The summed E-state index contributed by atoms with van der Waals surface area (Å²) in [7, 11) is 0. The maximum absolute atomic E-state index is 13.3. The lowest BCUT2D eigenvalue weighted by atomic mass is 9.72. The Morgan fingerprint density at radius 2 is 2.20 bits per heavy atom. The molecule has 3 aromatic rings. The molecular weight excluding hydrogens is 581 g/mol. The molecule has 1 atom stereocenters. The fraction of sp³-hybridized carbons (Fsp3) is 0.360. The fourth-order valence-corrected chi connectivity index (χ4v) is 6.16. The number of benzene rings is 1. The Morgan fingerprint density at radius 3 is 2.86 bits per heavy atom. The van der Waals surface area contributed by atoms with Crippen molar-refractivity contribution in [3.8, 4) is 5.75 Å². The first-order valence-corrected chi connectivity index (χ1v) is 13.1. The van der Waals surface area contributed by atoms with Gasteiger partial charge in [-0.2, -0.15) is 0 Å². The molecule has 0 bridgehead atoms. The van der Waals surface area contributed by atoms with Crippen molar-refractivity contribution in [2.45, 2.75) is 46.6 Å². The molecule has 1 amide bonds.